The van der Waals surface area contributed by atoms with Gasteiger partial charge in [0, 0.05) is 18.8 Å². The molecule has 0 bridgehead atoms. The Morgan fingerprint density at radius 3 is 2.96 bits per heavy atom. The fourth-order valence-electron chi connectivity index (χ4n) is 2.11. The molecule has 0 fully saturated rings. The second-order valence-corrected chi connectivity index (χ2v) is 7.00. The molecule has 25 heavy (non-hydrogen) atoms. The molecule has 2 aromatic rings. The SMILES string of the molecule is CC(=O)NCc1ccc(-c2csc(NC(N)=NCCCC(C)C)n2)o1. The Balaban J connectivity index is 1.89. The number of amides is 1. The Labute approximate surface area is 151 Å². The van der Waals surface area contributed by atoms with Gasteiger partial charge < -0.3 is 20.8 Å². The average Bonchev–Trinajstić information content (AvgIpc) is 3.18. The number of carbonyl (C=O) groups excluding carboxylic acids is 1. The standard InChI is InChI=1S/C17H25N5O2S/c1-11(2)5-4-8-19-16(18)22-17-21-14(10-25-17)15-7-6-13(24-15)9-20-12(3)23/h6-7,10-11H,4-5,8-9H2,1-3H3,(H,20,23)(H3,18,19,21,22). The minimum Gasteiger partial charge on any atom is -0.458 e. The van der Waals surface area contributed by atoms with Gasteiger partial charge in [-0.15, -0.1) is 11.3 Å². The van der Waals surface area contributed by atoms with Crippen molar-refractivity contribution in [3.8, 4) is 11.5 Å². The monoisotopic (exact) mass is 363 g/mol. The second-order valence-electron chi connectivity index (χ2n) is 6.14. The van der Waals surface area contributed by atoms with Crippen molar-refractivity contribution in [1.29, 1.82) is 0 Å². The Kier molecular flexibility index (Phi) is 7.00. The first-order chi connectivity index (χ1) is 11.9. The highest BCUT2D eigenvalue weighted by Gasteiger charge is 2.10. The molecule has 0 spiro atoms. The summed E-state index contributed by atoms with van der Waals surface area (Å²) in [4.78, 5) is 19.7. The molecular weight excluding hydrogens is 338 g/mol. The number of nitrogens with one attached hydrogen (secondary N) is 2. The molecule has 0 atom stereocenters. The molecule has 0 aromatic carbocycles. The third kappa shape index (κ3) is 6.58. The van der Waals surface area contributed by atoms with Crippen molar-refractivity contribution in [2.75, 3.05) is 11.9 Å². The third-order valence-corrected chi connectivity index (χ3v) is 4.14. The van der Waals surface area contributed by atoms with Crippen molar-refractivity contribution in [2.45, 2.75) is 40.2 Å². The predicted octanol–water partition coefficient (Wildman–Crippen LogP) is 3.20. The summed E-state index contributed by atoms with van der Waals surface area (Å²) in [6.45, 7) is 6.93. The van der Waals surface area contributed by atoms with Crippen molar-refractivity contribution >= 4 is 28.3 Å². The fourth-order valence-corrected chi connectivity index (χ4v) is 2.82. The number of carbonyl (C=O) groups is 1. The van der Waals surface area contributed by atoms with Crippen LogP contribution in [0.3, 0.4) is 0 Å². The lowest BCUT2D eigenvalue weighted by Crippen LogP contribution is -2.22. The summed E-state index contributed by atoms with van der Waals surface area (Å²) in [5, 5.41) is 8.25. The summed E-state index contributed by atoms with van der Waals surface area (Å²) in [6.07, 6.45) is 2.16. The largest absolute Gasteiger partial charge is 0.458 e. The zero-order valence-corrected chi connectivity index (χ0v) is 15.7. The normalized spacial score (nSPS) is 11.8. The van der Waals surface area contributed by atoms with E-state index in [2.05, 4.69) is 34.5 Å². The van der Waals surface area contributed by atoms with Gasteiger partial charge in [0.05, 0.1) is 6.54 Å². The molecule has 0 saturated heterocycles. The van der Waals surface area contributed by atoms with Gasteiger partial charge in [0.25, 0.3) is 0 Å². The van der Waals surface area contributed by atoms with E-state index >= 15 is 0 Å². The van der Waals surface area contributed by atoms with Crippen LogP contribution >= 0.6 is 11.3 Å². The van der Waals surface area contributed by atoms with Crippen LogP contribution in [0.15, 0.2) is 26.9 Å². The summed E-state index contributed by atoms with van der Waals surface area (Å²) in [5.74, 6) is 2.28. The molecule has 0 radical (unpaired) electrons. The number of anilines is 1. The van der Waals surface area contributed by atoms with Gasteiger partial charge >= 0.3 is 0 Å². The van der Waals surface area contributed by atoms with Crippen LogP contribution < -0.4 is 16.4 Å². The Hall–Kier alpha value is -2.35. The maximum atomic E-state index is 10.9. The van der Waals surface area contributed by atoms with E-state index in [0.29, 0.717) is 47.3 Å². The molecule has 0 unspecified atom stereocenters. The molecule has 2 aromatic heterocycles. The van der Waals surface area contributed by atoms with Gasteiger partial charge in [-0.05, 0) is 30.9 Å². The van der Waals surface area contributed by atoms with Crippen molar-refractivity contribution < 1.29 is 9.21 Å². The van der Waals surface area contributed by atoms with Crippen molar-refractivity contribution in [2.24, 2.45) is 16.6 Å². The number of aliphatic imine (C=N–C) groups is 1. The van der Waals surface area contributed by atoms with E-state index in [1.165, 1.54) is 18.3 Å². The summed E-state index contributed by atoms with van der Waals surface area (Å²) in [6, 6.07) is 3.65. The van der Waals surface area contributed by atoms with Crippen LogP contribution in [0.2, 0.25) is 0 Å². The first-order valence-corrected chi connectivity index (χ1v) is 9.18. The lowest BCUT2D eigenvalue weighted by atomic mass is 10.1. The molecule has 136 valence electrons. The molecule has 2 heterocycles. The Bertz CT molecular complexity index is 720. The number of thiazole rings is 1. The lowest BCUT2D eigenvalue weighted by molar-refractivity contribution is -0.119. The number of hydrogen-bond donors (Lipinski definition) is 3. The second kappa shape index (κ2) is 9.22. The molecule has 8 heteroatoms. The number of hydrogen-bond acceptors (Lipinski definition) is 5. The quantitative estimate of drug-likeness (QED) is 0.379. The summed E-state index contributed by atoms with van der Waals surface area (Å²) in [7, 11) is 0. The van der Waals surface area contributed by atoms with Crippen molar-refractivity contribution in [3.63, 3.8) is 0 Å². The van der Waals surface area contributed by atoms with E-state index in [4.69, 9.17) is 10.2 Å². The first-order valence-electron chi connectivity index (χ1n) is 8.30. The molecule has 0 aliphatic rings. The van der Waals surface area contributed by atoms with Crippen LogP contribution in [0.4, 0.5) is 5.13 Å². The number of aromatic nitrogens is 1. The predicted molar refractivity (Wildman–Crippen MR) is 102 cm³/mol. The maximum absolute atomic E-state index is 10.9. The van der Waals surface area contributed by atoms with E-state index in [0.717, 1.165) is 12.8 Å². The fraction of sp³-hybridized carbons (Fsp3) is 0.471. The molecule has 4 N–H and O–H groups in total. The first kappa shape index (κ1) is 19.0. The van der Waals surface area contributed by atoms with Crippen LogP contribution in [0.25, 0.3) is 11.5 Å². The van der Waals surface area contributed by atoms with Crippen LogP contribution in [0, 0.1) is 5.92 Å². The summed E-state index contributed by atoms with van der Waals surface area (Å²) < 4.78 is 5.68. The van der Waals surface area contributed by atoms with Gasteiger partial charge in [-0.3, -0.25) is 9.79 Å². The van der Waals surface area contributed by atoms with Gasteiger partial charge in [-0.25, -0.2) is 4.98 Å². The van der Waals surface area contributed by atoms with E-state index in [1.807, 2.05) is 17.5 Å². The van der Waals surface area contributed by atoms with Crippen molar-refractivity contribution in [1.82, 2.24) is 10.3 Å². The van der Waals surface area contributed by atoms with E-state index < -0.39 is 0 Å². The third-order valence-electron chi connectivity index (χ3n) is 3.39. The molecule has 0 aliphatic carbocycles. The topological polar surface area (TPSA) is 106 Å². The van der Waals surface area contributed by atoms with E-state index in [9.17, 15) is 4.79 Å². The van der Waals surface area contributed by atoms with Gasteiger partial charge in [0.15, 0.2) is 16.9 Å². The zero-order chi connectivity index (χ0) is 18.2. The highest BCUT2D eigenvalue weighted by molar-refractivity contribution is 7.14. The summed E-state index contributed by atoms with van der Waals surface area (Å²) in [5.41, 5.74) is 6.60. The smallest absolute Gasteiger partial charge is 0.217 e. The van der Waals surface area contributed by atoms with Gasteiger partial charge in [-0.2, -0.15) is 0 Å². The molecule has 0 saturated carbocycles. The average molecular weight is 363 g/mol. The van der Waals surface area contributed by atoms with E-state index in [1.54, 1.807) is 0 Å². The Morgan fingerprint density at radius 1 is 1.44 bits per heavy atom. The lowest BCUT2D eigenvalue weighted by Gasteiger charge is -2.03. The molecule has 0 aliphatic heterocycles. The van der Waals surface area contributed by atoms with E-state index in [-0.39, 0.29) is 5.91 Å². The molecule has 1 amide bonds. The number of furan rings is 1. The zero-order valence-electron chi connectivity index (χ0n) is 14.8. The van der Waals surface area contributed by atoms with Gasteiger partial charge in [0.2, 0.25) is 5.91 Å². The number of nitrogens with zero attached hydrogens (tertiary/aromatic N) is 2. The summed E-state index contributed by atoms with van der Waals surface area (Å²) >= 11 is 1.43. The molecular formula is C17H25N5O2S. The van der Waals surface area contributed by atoms with Gasteiger partial charge in [0.1, 0.15) is 11.5 Å². The van der Waals surface area contributed by atoms with Crippen LogP contribution in [0.1, 0.15) is 39.4 Å². The number of rotatable bonds is 8. The molecule has 2 rings (SSSR count). The maximum Gasteiger partial charge on any atom is 0.217 e. The van der Waals surface area contributed by atoms with Crippen LogP contribution in [-0.2, 0) is 11.3 Å². The van der Waals surface area contributed by atoms with Crippen molar-refractivity contribution in [3.05, 3.63) is 23.3 Å². The number of nitrogens with two attached hydrogens (primary N) is 1. The van der Waals surface area contributed by atoms with Gasteiger partial charge in [-0.1, -0.05) is 13.8 Å². The Morgan fingerprint density at radius 2 is 2.24 bits per heavy atom. The number of guanidine groups is 1. The highest BCUT2D eigenvalue weighted by atomic mass is 32.1. The minimum atomic E-state index is -0.0961. The van der Waals surface area contributed by atoms with Crippen LogP contribution in [-0.4, -0.2) is 23.4 Å². The minimum absolute atomic E-state index is 0.0961. The molecule has 7 nitrogen and oxygen atoms in total. The highest BCUT2D eigenvalue weighted by Crippen LogP contribution is 2.26. The van der Waals surface area contributed by atoms with Crippen LogP contribution in [0.5, 0.6) is 0 Å².